The molecular weight excluding hydrogens is 228 g/mol. The zero-order valence-electron chi connectivity index (χ0n) is 10.3. The average Bonchev–Trinajstić information content (AvgIpc) is 2.40. The van der Waals surface area contributed by atoms with Gasteiger partial charge >= 0.3 is 0 Å². The van der Waals surface area contributed by atoms with Gasteiger partial charge in [-0.05, 0) is 24.3 Å². The highest BCUT2D eigenvalue weighted by Crippen LogP contribution is 2.17. The quantitative estimate of drug-likeness (QED) is 0.568. The van der Waals surface area contributed by atoms with Crippen LogP contribution in [0.15, 0.2) is 57.7 Å². The number of benzene rings is 2. The van der Waals surface area contributed by atoms with Crippen molar-refractivity contribution >= 4 is 21.9 Å². The molecule has 18 heavy (non-hydrogen) atoms. The van der Waals surface area contributed by atoms with Crippen LogP contribution in [0.1, 0.15) is 0 Å². The number of rotatable bonds is 0. The zero-order chi connectivity index (χ0) is 13.0. The summed E-state index contributed by atoms with van der Waals surface area (Å²) in [6, 6.07) is 14.6. The van der Waals surface area contributed by atoms with Crippen LogP contribution >= 0.6 is 0 Å². The fourth-order valence-electron chi connectivity index (χ4n) is 1.75. The van der Waals surface area contributed by atoms with E-state index >= 15 is 0 Å². The van der Waals surface area contributed by atoms with Crippen LogP contribution in [-0.2, 0) is 4.74 Å². The van der Waals surface area contributed by atoms with Crippen molar-refractivity contribution in [3.05, 3.63) is 58.8 Å². The summed E-state index contributed by atoms with van der Waals surface area (Å²) >= 11 is 0. The number of methoxy groups -OCH3 is 1. The predicted octanol–water partition coefficient (Wildman–Crippen LogP) is 3.21. The van der Waals surface area contributed by atoms with Crippen molar-refractivity contribution in [2.24, 2.45) is 0 Å². The molecule has 0 spiro atoms. The summed E-state index contributed by atoms with van der Waals surface area (Å²) in [5, 5.41) is 1.27. The predicted molar refractivity (Wildman–Crippen MR) is 72.9 cm³/mol. The first-order valence-electron chi connectivity index (χ1n) is 5.58. The van der Waals surface area contributed by atoms with Crippen LogP contribution in [0.3, 0.4) is 0 Å². The van der Waals surface area contributed by atoms with E-state index in [1.807, 2.05) is 36.4 Å². The van der Waals surface area contributed by atoms with Gasteiger partial charge in [-0.15, -0.1) is 0 Å². The van der Waals surface area contributed by atoms with Crippen LogP contribution in [0, 0.1) is 0 Å². The van der Waals surface area contributed by atoms with E-state index < -0.39 is 0 Å². The molecule has 0 saturated carbocycles. The molecule has 1 aromatic heterocycles. The van der Waals surface area contributed by atoms with Gasteiger partial charge in [0.05, 0.1) is 10.8 Å². The summed E-state index contributed by atoms with van der Waals surface area (Å²) in [7, 11) is 3.25. The second-order valence-corrected chi connectivity index (χ2v) is 3.83. The maximum Gasteiger partial charge on any atom is 0.200 e. The van der Waals surface area contributed by atoms with Crippen molar-refractivity contribution in [2.75, 3.05) is 14.2 Å². The smallest absolute Gasteiger partial charge is 0.200 e. The van der Waals surface area contributed by atoms with Gasteiger partial charge in [0.1, 0.15) is 11.2 Å². The Morgan fingerprint density at radius 3 is 1.67 bits per heavy atom. The molecule has 0 unspecified atom stereocenters. The van der Waals surface area contributed by atoms with Crippen molar-refractivity contribution < 1.29 is 9.15 Å². The SMILES string of the molecule is COC.O=c1c2ccccc2oc2ccccc12. The fourth-order valence-corrected chi connectivity index (χ4v) is 1.75. The van der Waals surface area contributed by atoms with Crippen LogP contribution in [0.25, 0.3) is 21.9 Å². The first-order valence-corrected chi connectivity index (χ1v) is 5.58. The van der Waals surface area contributed by atoms with Crippen LogP contribution < -0.4 is 5.43 Å². The maximum atomic E-state index is 12.0. The Bertz CT molecular complexity index is 656. The normalized spacial score (nSPS) is 10.1. The summed E-state index contributed by atoms with van der Waals surface area (Å²) in [4.78, 5) is 12.0. The van der Waals surface area contributed by atoms with E-state index in [1.54, 1.807) is 26.4 Å². The number of hydrogen-bond acceptors (Lipinski definition) is 3. The second kappa shape index (κ2) is 5.47. The molecule has 3 rings (SSSR count). The Balaban J connectivity index is 0.000000367. The summed E-state index contributed by atoms with van der Waals surface area (Å²) in [6.07, 6.45) is 0. The molecule has 1 heterocycles. The topological polar surface area (TPSA) is 39.4 Å². The molecule has 0 bridgehead atoms. The van der Waals surface area contributed by atoms with Gasteiger partial charge in [-0.2, -0.15) is 0 Å². The molecule has 0 aliphatic heterocycles. The van der Waals surface area contributed by atoms with E-state index in [0.29, 0.717) is 21.9 Å². The van der Waals surface area contributed by atoms with Crippen LogP contribution in [0.2, 0.25) is 0 Å². The third-order valence-corrected chi connectivity index (χ3v) is 2.48. The molecule has 0 N–H and O–H groups in total. The minimum Gasteiger partial charge on any atom is -0.456 e. The van der Waals surface area contributed by atoms with E-state index in [0.717, 1.165) is 0 Å². The first-order chi connectivity index (χ1) is 8.77. The minimum absolute atomic E-state index is 0.0347. The standard InChI is InChI=1S/C13H8O2.C2H6O/c14-13-9-5-1-3-7-11(9)15-12-8-4-2-6-10(12)13;1-3-2/h1-8H;1-2H3. The molecule has 3 heteroatoms. The number of ether oxygens (including phenoxy) is 1. The van der Waals surface area contributed by atoms with Gasteiger partial charge in [-0.25, -0.2) is 0 Å². The monoisotopic (exact) mass is 242 g/mol. The highest BCUT2D eigenvalue weighted by atomic mass is 16.4. The molecule has 0 saturated heterocycles. The molecule has 3 aromatic rings. The molecule has 0 aliphatic rings. The molecule has 0 atom stereocenters. The summed E-state index contributed by atoms with van der Waals surface area (Å²) in [5.74, 6) is 0. The minimum atomic E-state index is 0.0347. The Morgan fingerprint density at radius 2 is 1.22 bits per heavy atom. The molecule has 0 amide bonds. The number of para-hydroxylation sites is 2. The van der Waals surface area contributed by atoms with Crippen LogP contribution in [0.4, 0.5) is 0 Å². The summed E-state index contributed by atoms with van der Waals surface area (Å²) < 4.78 is 9.88. The van der Waals surface area contributed by atoms with Gasteiger partial charge in [-0.1, -0.05) is 24.3 Å². The maximum absolute atomic E-state index is 12.0. The van der Waals surface area contributed by atoms with Gasteiger partial charge in [0.15, 0.2) is 0 Å². The molecule has 2 aromatic carbocycles. The van der Waals surface area contributed by atoms with Crippen LogP contribution in [-0.4, -0.2) is 14.2 Å². The molecule has 0 aliphatic carbocycles. The van der Waals surface area contributed by atoms with Gasteiger partial charge in [0.25, 0.3) is 0 Å². The molecule has 0 fully saturated rings. The van der Waals surface area contributed by atoms with Crippen molar-refractivity contribution in [3.8, 4) is 0 Å². The zero-order valence-corrected chi connectivity index (χ0v) is 10.3. The van der Waals surface area contributed by atoms with Gasteiger partial charge in [0.2, 0.25) is 5.43 Å². The Labute approximate surface area is 105 Å². The van der Waals surface area contributed by atoms with Crippen molar-refractivity contribution in [1.82, 2.24) is 0 Å². The molecule has 92 valence electrons. The average molecular weight is 242 g/mol. The summed E-state index contributed by atoms with van der Waals surface area (Å²) in [6.45, 7) is 0. The lowest BCUT2D eigenvalue weighted by molar-refractivity contribution is 0.277. The van der Waals surface area contributed by atoms with E-state index in [2.05, 4.69) is 4.74 Å². The van der Waals surface area contributed by atoms with Gasteiger partial charge < -0.3 is 9.15 Å². The first kappa shape index (κ1) is 12.3. The van der Waals surface area contributed by atoms with E-state index in [9.17, 15) is 4.79 Å². The number of fused-ring (bicyclic) bond motifs is 2. The van der Waals surface area contributed by atoms with Gasteiger partial charge in [-0.3, -0.25) is 4.79 Å². The Hall–Kier alpha value is -2.13. The molecular formula is C15H14O3. The lowest BCUT2D eigenvalue weighted by Crippen LogP contribution is -2.01. The highest BCUT2D eigenvalue weighted by molar-refractivity contribution is 5.89. The largest absolute Gasteiger partial charge is 0.456 e. The lowest BCUT2D eigenvalue weighted by atomic mass is 10.1. The Morgan fingerprint density at radius 1 is 0.833 bits per heavy atom. The Kier molecular flexibility index (Phi) is 3.75. The van der Waals surface area contributed by atoms with Crippen molar-refractivity contribution in [2.45, 2.75) is 0 Å². The third-order valence-electron chi connectivity index (χ3n) is 2.48. The fraction of sp³-hybridized carbons (Fsp3) is 0.133. The van der Waals surface area contributed by atoms with Gasteiger partial charge in [0, 0.05) is 14.2 Å². The summed E-state index contributed by atoms with van der Waals surface area (Å²) in [5.41, 5.74) is 1.31. The van der Waals surface area contributed by atoms with Crippen molar-refractivity contribution in [1.29, 1.82) is 0 Å². The van der Waals surface area contributed by atoms with E-state index in [1.165, 1.54) is 0 Å². The van der Waals surface area contributed by atoms with E-state index in [-0.39, 0.29) is 5.43 Å². The molecule has 0 radical (unpaired) electrons. The van der Waals surface area contributed by atoms with Crippen LogP contribution in [0.5, 0.6) is 0 Å². The third kappa shape index (κ3) is 2.26. The second-order valence-electron chi connectivity index (χ2n) is 3.83. The highest BCUT2D eigenvalue weighted by Gasteiger charge is 2.04. The lowest BCUT2D eigenvalue weighted by Gasteiger charge is -1.99. The number of hydrogen-bond donors (Lipinski definition) is 0. The molecule has 3 nitrogen and oxygen atoms in total. The van der Waals surface area contributed by atoms with Crippen molar-refractivity contribution in [3.63, 3.8) is 0 Å². The van der Waals surface area contributed by atoms with E-state index in [4.69, 9.17) is 4.42 Å².